The maximum Gasteiger partial charge on any atom is 0.273 e. The van der Waals surface area contributed by atoms with Crippen LogP contribution in [0.1, 0.15) is 36.2 Å². The van der Waals surface area contributed by atoms with Crippen LogP contribution in [0.5, 0.6) is 0 Å². The zero-order chi connectivity index (χ0) is 10.7. The van der Waals surface area contributed by atoms with Crippen LogP contribution in [0, 0.1) is 0 Å². The number of nitrogens with two attached hydrogens (primary N) is 1. The van der Waals surface area contributed by atoms with Crippen molar-refractivity contribution in [1.29, 1.82) is 0 Å². The van der Waals surface area contributed by atoms with E-state index in [4.69, 9.17) is 5.73 Å². The third-order valence-corrected chi connectivity index (χ3v) is 2.63. The zero-order valence-corrected chi connectivity index (χ0v) is 8.44. The number of hydrogen-bond donors (Lipinski definition) is 2. The summed E-state index contributed by atoms with van der Waals surface area (Å²) in [7, 11) is 0. The lowest BCUT2D eigenvalue weighted by molar-refractivity contribution is 0.0933. The third kappa shape index (κ3) is 2.23. The molecule has 3 N–H and O–H groups in total. The molecule has 0 aliphatic heterocycles. The van der Waals surface area contributed by atoms with Crippen molar-refractivity contribution in [3.05, 3.63) is 18.1 Å². The number of rotatable bonds is 2. The highest BCUT2D eigenvalue weighted by Crippen LogP contribution is 2.18. The molecule has 1 aromatic rings. The van der Waals surface area contributed by atoms with Crippen molar-refractivity contribution in [3.63, 3.8) is 0 Å². The van der Waals surface area contributed by atoms with Crippen molar-refractivity contribution in [2.24, 2.45) is 0 Å². The molecule has 0 unspecified atom stereocenters. The second kappa shape index (κ2) is 4.25. The van der Waals surface area contributed by atoms with Crippen LogP contribution in [0.25, 0.3) is 0 Å². The minimum atomic E-state index is -0.215. The number of carbonyl (C=O) groups is 1. The molecule has 0 radical (unpaired) electrons. The van der Waals surface area contributed by atoms with Crippen LogP contribution in [0.15, 0.2) is 12.4 Å². The highest BCUT2D eigenvalue weighted by atomic mass is 16.2. The maximum atomic E-state index is 11.7. The SMILES string of the molecule is Nc1nccnc1C(=O)NC1CCCC1. The van der Waals surface area contributed by atoms with E-state index < -0.39 is 0 Å². The van der Waals surface area contributed by atoms with Gasteiger partial charge in [-0.2, -0.15) is 0 Å². The second-order valence-electron chi connectivity index (χ2n) is 3.75. The standard InChI is InChI=1S/C10H14N4O/c11-9-8(12-5-6-13-9)10(15)14-7-3-1-2-4-7/h5-7H,1-4H2,(H2,11,13)(H,14,15). The number of nitrogen functional groups attached to an aromatic ring is 1. The summed E-state index contributed by atoms with van der Waals surface area (Å²) in [5.41, 5.74) is 5.79. The molecule has 1 aromatic heterocycles. The molecule has 5 nitrogen and oxygen atoms in total. The molecule has 0 atom stereocenters. The van der Waals surface area contributed by atoms with Crippen LogP contribution in [0.4, 0.5) is 5.82 Å². The van der Waals surface area contributed by atoms with Crippen LogP contribution < -0.4 is 11.1 Å². The van der Waals surface area contributed by atoms with Crippen LogP contribution in [-0.4, -0.2) is 21.9 Å². The summed E-state index contributed by atoms with van der Waals surface area (Å²) in [6.07, 6.45) is 7.40. The van der Waals surface area contributed by atoms with Crippen LogP contribution in [-0.2, 0) is 0 Å². The number of nitrogens with one attached hydrogen (secondary N) is 1. The monoisotopic (exact) mass is 206 g/mol. The molecule has 15 heavy (non-hydrogen) atoms. The Morgan fingerprint density at radius 2 is 2.00 bits per heavy atom. The fourth-order valence-corrected chi connectivity index (χ4v) is 1.85. The Morgan fingerprint density at radius 1 is 1.33 bits per heavy atom. The number of nitrogens with zero attached hydrogens (tertiary/aromatic N) is 2. The first kappa shape index (κ1) is 9.89. The van der Waals surface area contributed by atoms with Gasteiger partial charge in [0.25, 0.3) is 5.91 Å². The first-order chi connectivity index (χ1) is 7.27. The van der Waals surface area contributed by atoms with Gasteiger partial charge in [-0.1, -0.05) is 12.8 Å². The predicted molar refractivity (Wildman–Crippen MR) is 56.2 cm³/mol. The number of amides is 1. The molecule has 80 valence electrons. The van der Waals surface area contributed by atoms with Gasteiger partial charge in [0.05, 0.1) is 0 Å². The maximum absolute atomic E-state index is 11.7. The predicted octanol–water partition coefficient (Wildman–Crippen LogP) is 0.731. The van der Waals surface area contributed by atoms with E-state index in [0.29, 0.717) is 0 Å². The van der Waals surface area contributed by atoms with Crippen molar-refractivity contribution in [2.45, 2.75) is 31.7 Å². The molecule has 1 saturated carbocycles. The van der Waals surface area contributed by atoms with Crippen LogP contribution in [0.2, 0.25) is 0 Å². The van der Waals surface area contributed by atoms with E-state index in [0.717, 1.165) is 12.8 Å². The van der Waals surface area contributed by atoms with Gasteiger partial charge in [0.1, 0.15) is 0 Å². The van der Waals surface area contributed by atoms with Gasteiger partial charge in [0, 0.05) is 18.4 Å². The summed E-state index contributed by atoms with van der Waals surface area (Å²) in [6.45, 7) is 0. The molecule has 1 fully saturated rings. The lowest BCUT2D eigenvalue weighted by atomic mass is 10.2. The van der Waals surface area contributed by atoms with Gasteiger partial charge in [-0.15, -0.1) is 0 Å². The molecule has 0 saturated heterocycles. The lowest BCUT2D eigenvalue weighted by Crippen LogP contribution is -2.33. The fourth-order valence-electron chi connectivity index (χ4n) is 1.85. The van der Waals surface area contributed by atoms with Crippen molar-refractivity contribution in [1.82, 2.24) is 15.3 Å². The van der Waals surface area contributed by atoms with Gasteiger partial charge in [-0.25, -0.2) is 9.97 Å². The van der Waals surface area contributed by atoms with E-state index in [1.807, 2.05) is 0 Å². The van der Waals surface area contributed by atoms with E-state index in [9.17, 15) is 4.79 Å². The largest absolute Gasteiger partial charge is 0.382 e. The molecule has 1 aliphatic carbocycles. The number of carbonyl (C=O) groups excluding carboxylic acids is 1. The normalized spacial score (nSPS) is 16.5. The average molecular weight is 206 g/mol. The molecular formula is C10H14N4O. The van der Waals surface area contributed by atoms with E-state index in [-0.39, 0.29) is 23.5 Å². The Balaban J connectivity index is 2.04. The summed E-state index contributed by atoms with van der Waals surface area (Å²) in [6, 6.07) is 0.277. The van der Waals surface area contributed by atoms with Crippen molar-refractivity contribution in [2.75, 3.05) is 5.73 Å². The average Bonchev–Trinajstić information content (AvgIpc) is 2.71. The van der Waals surface area contributed by atoms with Crippen LogP contribution in [0.3, 0.4) is 0 Å². The van der Waals surface area contributed by atoms with Gasteiger partial charge in [0.2, 0.25) is 0 Å². The minimum Gasteiger partial charge on any atom is -0.382 e. The first-order valence-corrected chi connectivity index (χ1v) is 5.14. The summed E-state index contributed by atoms with van der Waals surface area (Å²) in [5.74, 6) is -0.0273. The molecule has 1 aliphatic rings. The van der Waals surface area contributed by atoms with Gasteiger partial charge < -0.3 is 11.1 Å². The molecule has 2 rings (SSSR count). The summed E-state index contributed by atoms with van der Waals surface area (Å²) >= 11 is 0. The molecule has 1 amide bonds. The van der Waals surface area contributed by atoms with E-state index in [1.165, 1.54) is 25.2 Å². The molecule has 0 spiro atoms. The lowest BCUT2D eigenvalue weighted by Gasteiger charge is -2.11. The third-order valence-electron chi connectivity index (χ3n) is 2.63. The highest BCUT2D eigenvalue weighted by Gasteiger charge is 2.19. The fraction of sp³-hybridized carbons (Fsp3) is 0.500. The minimum absolute atomic E-state index is 0.188. The van der Waals surface area contributed by atoms with Crippen molar-refractivity contribution in [3.8, 4) is 0 Å². The second-order valence-corrected chi connectivity index (χ2v) is 3.75. The molecule has 0 bridgehead atoms. The van der Waals surface area contributed by atoms with Gasteiger partial charge in [-0.3, -0.25) is 4.79 Å². The number of hydrogen-bond acceptors (Lipinski definition) is 4. The molecule has 5 heteroatoms. The summed E-state index contributed by atoms with van der Waals surface area (Å²) in [5, 5.41) is 2.91. The molecule has 0 aromatic carbocycles. The summed E-state index contributed by atoms with van der Waals surface area (Å²) in [4.78, 5) is 19.5. The Kier molecular flexibility index (Phi) is 2.80. The molecular weight excluding hydrogens is 192 g/mol. The number of aromatic nitrogens is 2. The number of anilines is 1. The van der Waals surface area contributed by atoms with E-state index in [2.05, 4.69) is 15.3 Å². The Morgan fingerprint density at radius 3 is 2.67 bits per heavy atom. The Labute approximate surface area is 88.1 Å². The zero-order valence-electron chi connectivity index (χ0n) is 8.44. The van der Waals surface area contributed by atoms with E-state index in [1.54, 1.807) is 0 Å². The smallest absolute Gasteiger partial charge is 0.273 e. The quantitative estimate of drug-likeness (QED) is 0.747. The Hall–Kier alpha value is -1.65. The Bertz CT molecular complexity index is 360. The van der Waals surface area contributed by atoms with E-state index >= 15 is 0 Å². The van der Waals surface area contributed by atoms with Crippen molar-refractivity contribution >= 4 is 11.7 Å². The topological polar surface area (TPSA) is 80.9 Å². The van der Waals surface area contributed by atoms with Gasteiger partial charge in [0.15, 0.2) is 11.5 Å². The van der Waals surface area contributed by atoms with Gasteiger partial charge >= 0.3 is 0 Å². The first-order valence-electron chi connectivity index (χ1n) is 5.14. The molecule has 1 heterocycles. The van der Waals surface area contributed by atoms with Crippen molar-refractivity contribution < 1.29 is 4.79 Å². The van der Waals surface area contributed by atoms with Crippen LogP contribution >= 0.6 is 0 Å². The summed E-state index contributed by atoms with van der Waals surface area (Å²) < 4.78 is 0. The van der Waals surface area contributed by atoms with Gasteiger partial charge in [-0.05, 0) is 12.8 Å². The highest BCUT2D eigenvalue weighted by molar-refractivity contribution is 5.96.